The summed E-state index contributed by atoms with van der Waals surface area (Å²) in [5.41, 5.74) is 2.47. The quantitative estimate of drug-likeness (QED) is 0.502. The third-order valence-electron chi connectivity index (χ3n) is 2.00. The van der Waals surface area contributed by atoms with Gasteiger partial charge in [0.05, 0.1) is 0 Å². The first-order valence-electron chi connectivity index (χ1n) is 3.33. The van der Waals surface area contributed by atoms with Gasteiger partial charge in [-0.2, -0.15) is 0 Å². The average molecular weight is 132 g/mol. The lowest BCUT2D eigenvalue weighted by atomic mass is 10.0. The lowest BCUT2D eigenvalue weighted by Gasteiger charge is -2.01. The molecule has 0 aromatic heterocycles. The van der Waals surface area contributed by atoms with E-state index < -0.39 is 0 Å². The smallest absolute Gasteiger partial charge is 0.0392 e. The van der Waals surface area contributed by atoms with Gasteiger partial charge in [0, 0.05) is 23.8 Å². The van der Waals surface area contributed by atoms with Gasteiger partial charge < -0.3 is 10.8 Å². The van der Waals surface area contributed by atoms with Crippen LogP contribution in [0.1, 0.15) is 6.42 Å². The Hall–Kier alpha value is -1.18. The standard InChI is InChI=1S/C8H8N2/c9-6-3-5-1-2-8(10)7(5)4-6/h1-3,7,9-10H,4H2. The first-order valence-corrected chi connectivity index (χ1v) is 3.33. The number of rotatable bonds is 0. The second-order valence-corrected chi connectivity index (χ2v) is 2.71. The average Bonchev–Trinajstić information content (AvgIpc) is 2.35. The summed E-state index contributed by atoms with van der Waals surface area (Å²) in [5.74, 6) is 0.229. The first-order chi connectivity index (χ1) is 4.77. The molecule has 1 atom stereocenters. The van der Waals surface area contributed by atoms with Gasteiger partial charge in [-0.25, -0.2) is 0 Å². The predicted octanol–water partition coefficient (Wildman–Crippen LogP) is 1.54. The fourth-order valence-corrected chi connectivity index (χ4v) is 1.45. The summed E-state index contributed by atoms with van der Waals surface area (Å²) < 4.78 is 0. The summed E-state index contributed by atoms with van der Waals surface area (Å²) >= 11 is 0. The van der Waals surface area contributed by atoms with Crippen molar-refractivity contribution in [1.82, 2.24) is 0 Å². The van der Waals surface area contributed by atoms with Crippen molar-refractivity contribution < 1.29 is 0 Å². The largest absolute Gasteiger partial charge is 0.305 e. The minimum atomic E-state index is 0.229. The monoisotopic (exact) mass is 132 g/mol. The Balaban J connectivity index is 2.43. The molecule has 2 nitrogen and oxygen atoms in total. The van der Waals surface area contributed by atoms with E-state index in [-0.39, 0.29) is 5.92 Å². The van der Waals surface area contributed by atoms with E-state index in [2.05, 4.69) is 0 Å². The molecule has 50 valence electrons. The molecule has 10 heavy (non-hydrogen) atoms. The molecule has 0 aliphatic heterocycles. The maximum absolute atomic E-state index is 7.44. The van der Waals surface area contributed by atoms with Crippen molar-refractivity contribution >= 4 is 11.4 Å². The lowest BCUT2D eigenvalue weighted by molar-refractivity contribution is 0.914. The van der Waals surface area contributed by atoms with Gasteiger partial charge in [-0.15, -0.1) is 0 Å². The summed E-state index contributed by atoms with van der Waals surface area (Å²) in [6.07, 6.45) is 6.36. The van der Waals surface area contributed by atoms with Gasteiger partial charge in [-0.1, -0.05) is 6.08 Å². The van der Waals surface area contributed by atoms with E-state index >= 15 is 0 Å². The number of hydrogen-bond acceptors (Lipinski definition) is 2. The zero-order valence-electron chi connectivity index (χ0n) is 5.52. The third-order valence-corrected chi connectivity index (χ3v) is 2.00. The van der Waals surface area contributed by atoms with Crippen LogP contribution in [0.15, 0.2) is 23.8 Å². The molecule has 0 amide bonds. The van der Waals surface area contributed by atoms with E-state index in [4.69, 9.17) is 10.8 Å². The highest BCUT2D eigenvalue weighted by molar-refractivity contribution is 6.09. The Kier molecular flexibility index (Phi) is 0.926. The highest BCUT2D eigenvalue weighted by atomic mass is 14.5. The molecule has 0 spiro atoms. The highest BCUT2D eigenvalue weighted by Crippen LogP contribution is 2.30. The number of fused-ring (bicyclic) bond motifs is 1. The second-order valence-electron chi connectivity index (χ2n) is 2.71. The summed E-state index contributed by atoms with van der Waals surface area (Å²) in [6, 6.07) is 0. The van der Waals surface area contributed by atoms with Crippen LogP contribution >= 0.6 is 0 Å². The van der Waals surface area contributed by atoms with Gasteiger partial charge in [-0.05, 0) is 17.7 Å². The fourth-order valence-electron chi connectivity index (χ4n) is 1.45. The van der Waals surface area contributed by atoms with Crippen LogP contribution < -0.4 is 0 Å². The van der Waals surface area contributed by atoms with E-state index in [9.17, 15) is 0 Å². The second kappa shape index (κ2) is 1.66. The molecule has 2 aliphatic carbocycles. The van der Waals surface area contributed by atoms with E-state index in [1.165, 1.54) is 0 Å². The van der Waals surface area contributed by atoms with Crippen molar-refractivity contribution in [3.05, 3.63) is 23.8 Å². The number of allylic oxidation sites excluding steroid dienone is 4. The van der Waals surface area contributed by atoms with Crippen molar-refractivity contribution in [1.29, 1.82) is 10.8 Å². The molecular weight excluding hydrogens is 124 g/mol. The van der Waals surface area contributed by atoms with Crippen LogP contribution in [0.5, 0.6) is 0 Å². The van der Waals surface area contributed by atoms with E-state index in [1.807, 2.05) is 18.2 Å². The molecule has 0 bridgehead atoms. The minimum Gasteiger partial charge on any atom is -0.305 e. The molecule has 0 saturated carbocycles. The lowest BCUT2D eigenvalue weighted by Crippen LogP contribution is -2.05. The van der Waals surface area contributed by atoms with Crippen LogP contribution in [0.25, 0.3) is 0 Å². The fraction of sp³-hybridized carbons (Fsp3) is 0.250. The molecule has 0 heterocycles. The molecule has 0 radical (unpaired) electrons. The Bertz CT molecular complexity index is 271. The van der Waals surface area contributed by atoms with E-state index in [1.54, 1.807) is 0 Å². The van der Waals surface area contributed by atoms with Gasteiger partial charge in [0.2, 0.25) is 0 Å². The summed E-state index contributed by atoms with van der Waals surface area (Å²) in [5, 5.41) is 14.8. The molecule has 0 aromatic carbocycles. The molecule has 2 heteroatoms. The van der Waals surface area contributed by atoms with Crippen molar-refractivity contribution in [3.8, 4) is 0 Å². The summed E-state index contributed by atoms with van der Waals surface area (Å²) in [4.78, 5) is 0. The van der Waals surface area contributed by atoms with Gasteiger partial charge >= 0.3 is 0 Å². The Morgan fingerprint density at radius 1 is 1.30 bits per heavy atom. The molecule has 0 saturated heterocycles. The van der Waals surface area contributed by atoms with Crippen LogP contribution in [0, 0.1) is 16.7 Å². The molecule has 2 aliphatic rings. The van der Waals surface area contributed by atoms with Gasteiger partial charge in [0.15, 0.2) is 0 Å². The van der Waals surface area contributed by atoms with Crippen LogP contribution in [0.3, 0.4) is 0 Å². The molecule has 0 fully saturated rings. The maximum Gasteiger partial charge on any atom is 0.0392 e. The van der Waals surface area contributed by atoms with Gasteiger partial charge in [0.25, 0.3) is 0 Å². The number of hydrogen-bond donors (Lipinski definition) is 2. The summed E-state index contributed by atoms with van der Waals surface area (Å²) in [6.45, 7) is 0. The van der Waals surface area contributed by atoms with Gasteiger partial charge in [0.1, 0.15) is 0 Å². The van der Waals surface area contributed by atoms with Gasteiger partial charge in [-0.3, -0.25) is 0 Å². The van der Waals surface area contributed by atoms with Crippen molar-refractivity contribution in [3.63, 3.8) is 0 Å². The zero-order valence-corrected chi connectivity index (χ0v) is 5.52. The molecule has 2 rings (SSSR count). The summed E-state index contributed by atoms with van der Waals surface area (Å²) in [7, 11) is 0. The van der Waals surface area contributed by atoms with E-state index in [0.29, 0.717) is 11.4 Å². The van der Waals surface area contributed by atoms with Crippen molar-refractivity contribution in [2.24, 2.45) is 5.92 Å². The normalized spacial score (nSPS) is 29.2. The third kappa shape index (κ3) is 0.588. The Morgan fingerprint density at radius 2 is 2.10 bits per heavy atom. The Morgan fingerprint density at radius 3 is 2.80 bits per heavy atom. The van der Waals surface area contributed by atoms with E-state index in [0.717, 1.165) is 12.0 Å². The van der Waals surface area contributed by atoms with Crippen molar-refractivity contribution in [2.45, 2.75) is 6.42 Å². The SMILES string of the molecule is N=C1C=C2C=CC(=N)C2C1. The molecule has 0 aromatic rings. The Labute approximate surface area is 59.3 Å². The van der Waals surface area contributed by atoms with Crippen LogP contribution in [-0.4, -0.2) is 11.4 Å². The molecular formula is C8H8N2. The predicted molar refractivity (Wildman–Crippen MR) is 40.8 cm³/mol. The first kappa shape index (κ1) is 5.59. The molecule has 1 unspecified atom stereocenters. The maximum atomic E-state index is 7.44. The van der Waals surface area contributed by atoms with Crippen LogP contribution in [0.2, 0.25) is 0 Å². The molecule has 2 N–H and O–H groups in total. The van der Waals surface area contributed by atoms with Crippen molar-refractivity contribution in [2.75, 3.05) is 0 Å². The van der Waals surface area contributed by atoms with Crippen LogP contribution in [0.4, 0.5) is 0 Å². The highest BCUT2D eigenvalue weighted by Gasteiger charge is 2.27. The zero-order chi connectivity index (χ0) is 7.14. The number of nitrogens with one attached hydrogen (secondary N) is 2. The minimum absolute atomic E-state index is 0.229. The van der Waals surface area contributed by atoms with Crippen LogP contribution in [-0.2, 0) is 0 Å². The topological polar surface area (TPSA) is 47.7 Å².